The number of morpholine rings is 1. The summed E-state index contributed by atoms with van der Waals surface area (Å²) in [6, 6.07) is 9.87. The SMILES string of the molecule is C[C@@H]1Cc2c([nH]c3ccccc23)[C@@H](c2c(F)cc(N3CCOCC3)cc2F)N1CC(C)(C)F. The fourth-order valence-corrected chi connectivity index (χ4v) is 5.33. The van der Waals surface area contributed by atoms with Crippen molar-refractivity contribution in [1.29, 1.82) is 0 Å². The molecule has 1 fully saturated rings. The Balaban J connectivity index is 1.66. The van der Waals surface area contributed by atoms with Crippen LogP contribution >= 0.6 is 0 Å². The van der Waals surface area contributed by atoms with Gasteiger partial charge in [-0.15, -0.1) is 0 Å². The molecule has 176 valence electrons. The van der Waals surface area contributed by atoms with Crippen LogP contribution < -0.4 is 4.90 Å². The highest BCUT2D eigenvalue weighted by molar-refractivity contribution is 5.85. The number of fused-ring (bicyclic) bond motifs is 3. The van der Waals surface area contributed by atoms with Gasteiger partial charge < -0.3 is 14.6 Å². The van der Waals surface area contributed by atoms with Crippen LogP contribution in [0, 0.1) is 11.6 Å². The van der Waals surface area contributed by atoms with Crippen molar-refractivity contribution in [3.8, 4) is 0 Å². The van der Waals surface area contributed by atoms with Gasteiger partial charge in [-0.05, 0) is 51.0 Å². The first-order valence-electron chi connectivity index (χ1n) is 11.6. The van der Waals surface area contributed by atoms with E-state index in [0.717, 1.165) is 22.2 Å². The first-order valence-corrected chi connectivity index (χ1v) is 11.6. The Morgan fingerprint density at radius 3 is 2.42 bits per heavy atom. The summed E-state index contributed by atoms with van der Waals surface area (Å²) in [5, 5.41) is 1.05. The van der Waals surface area contributed by atoms with Crippen molar-refractivity contribution < 1.29 is 17.9 Å². The van der Waals surface area contributed by atoms with Crippen molar-refractivity contribution >= 4 is 16.6 Å². The third kappa shape index (κ3) is 4.13. The van der Waals surface area contributed by atoms with E-state index in [0.29, 0.717) is 38.4 Å². The van der Waals surface area contributed by atoms with Gasteiger partial charge in [0.2, 0.25) is 0 Å². The second-order valence-corrected chi connectivity index (χ2v) is 9.83. The fraction of sp³-hybridized carbons (Fsp3) is 0.462. The molecule has 2 aliphatic heterocycles. The van der Waals surface area contributed by atoms with Gasteiger partial charge in [-0.25, -0.2) is 13.2 Å². The number of nitrogens with zero attached hydrogens (tertiary/aromatic N) is 2. The maximum absolute atomic E-state index is 15.7. The monoisotopic (exact) mass is 457 g/mol. The summed E-state index contributed by atoms with van der Waals surface area (Å²) >= 11 is 0. The van der Waals surface area contributed by atoms with Crippen molar-refractivity contribution in [2.45, 2.75) is 44.9 Å². The molecule has 2 atom stereocenters. The van der Waals surface area contributed by atoms with Gasteiger partial charge in [-0.2, -0.15) is 0 Å². The molecular weight excluding hydrogens is 427 g/mol. The standard InChI is InChI=1S/C26H30F3N3O/c1-16-12-19-18-6-4-5-7-22(18)30-24(19)25(32(16)15-26(2,3)29)23-20(27)13-17(14-21(23)28)31-8-10-33-11-9-31/h4-7,13-14,16,25,30H,8-12,15H2,1-3H3/t16-,25-/m1/s1. The number of hydrogen-bond donors (Lipinski definition) is 1. The normalized spacial score (nSPS) is 22.1. The summed E-state index contributed by atoms with van der Waals surface area (Å²) in [6.45, 7) is 7.32. The number of benzene rings is 2. The summed E-state index contributed by atoms with van der Waals surface area (Å²) in [5.74, 6) is -1.22. The molecule has 0 radical (unpaired) electrons. The maximum atomic E-state index is 15.7. The highest BCUT2D eigenvalue weighted by Gasteiger charge is 2.41. The lowest BCUT2D eigenvalue weighted by Gasteiger charge is -2.43. The lowest BCUT2D eigenvalue weighted by molar-refractivity contribution is 0.0643. The average molecular weight is 458 g/mol. The van der Waals surface area contributed by atoms with Crippen LogP contribution in [0.3, 0.4) is 0 Å². The lowest BCUT2D eigenvalue weighted by atomic mass is 9.87. The maximum Gasteiger partial charge on any atom is 0.133 e. The molecule has 4 nitrogen and oxygen atoms in total. The van der Waals surface area contributed by atoms with E-state index in [1.54, 1.807) is 0 Å². The van der Waals surface area contributed by atoms with Crippen LogP contribution in [0.1, 0.15) is 43.6 Å². The molecule has 3 heterocycles. The summed E-state index contributed by atoms with van der Waals surface area (Å²) in [5.41, 5.74) is 1.68. The van der Waals surface area contributed by atoms with E-state index in [1.807, 2.05) is 41.0 Å². The van der Waals surface area contributed by atoms with E-state index < -0.39 is 23.3 Å². The molecule has 3 aromatic rings. The average Bonchev–Trinajstić information content (AvgIpc) is 3.13. The summed E-state index contributed by atoms with van der Waals surface area (Å²) < 4.78 is 51.6. The number of alkyl halides is 1. The van der Waals surface area contributed by atoms with Crippen LogP contribution in [0.5, 0.6) is 0 Å². The Bertz CT molecular complexity index is 1140. The van der Waals surface area contributed by atoms with Gasteiger partial charge in [0.05, 0.1) is 19.3 Å². The third-order valence-electron chi connectivity index (χ3n) is 6.79. The Morgan fingerprint density at radius 1 is 1.09 bits per heavy atom. The van der Waals surface area contributed by atoms with E-state index in [4.69, 9.17) is 4.74 Å². The van der Waals surface area contributed by atoms with Gasteiger partial charge in [-0.3, -0.25) is 4.90 Å². The smallest absolute Gasteiger partial charge is 0.133 e. The molecule has 33 heavy (non-hydrogen) atoms. The highest BCUT2D eigenvalue weighted by Crippen LogP contribution is 2.43. The number of nitrogens with one attached hydrogen (secondary N) is 1. The molecular formula is C26H30F3N3O. The minimum absolute atomic E-state index is 0.0318. The Kier molecular flexibility index (Phi) is 5.65. The van der Waals surface area contributed by atoms with Crippen molar-refractivity contribution in [2.75, 3.05) is 37.7 Å². The van der Waals surface area contributed by atoms with Crippen LogP contribution in [-0.4, -0.2) is 54.4 Å². The van der Waals surface area contributed by atoms with Crippen molar-refractivity contribution in [1.82, 2.24) is 9.88 Å². The molecule has 1 N–H and O–H groups in total. The topological polar surface area (TPSA) is 31.5 Å². The van der Waals surface area contributed by atoms with Gasteiger partial charge in [0.25, 0.3) is 0 Å². The number of para-hydroxylation sites is 1. The number of aromatic nitrogens is 1. The summed E-state index contributed by atoms with van der Waals surface area (Å²) in [6.07, 6.45) is 0.682. The van der Waals surface area contributed by atoms with Gasteiger partial charge in [-0.1, -0.05) is 18.2 Å². The molecule has 1 aromatic heterocycles. The van der Waals surface area contributed by atoms with Gasteiger partial charge in [0.15, 0.2) is 0 Å². The molecule has 0 aliphatic carbocycles. The van der Waals surface area contributed by atoms with Crippen molar-refractivity contribution in [3.05, 3.63) is 64.9 Å². The molecule has 1 saturated heterocycles. The molecule has 2 aromatic carbocycles. The molecule has 0 saturated carbocycles. The largest absolute Gasteiger partial charge is 0.378 e. The van der Waals surface area contributed by atoms with Crippen LogP contribution in [0.2, 0.25) is 0 Å². The zero-order valence-electron chi connectivity index (χ0n) is 19.3. The van der Waals surface area contributed by atoms with E-state index in [9.17, 15) is 4.39 Å². The number of anilines is 1. The van der Waals surface area contributed by atoms with E-state index in [2.05, 4.69) is 4.98 Å². The molecule has 2 aliphatic rings. The minimum Gasteiger partial charge on any atom is -0.378 e. The quantitative estimate of drug-likeness (QED) is 0.572. The van der Waals surface area contributed by atoms with E-state index in [-0.39, 0.29) is 18.2 Å². The van der Waals surface area contributed by atoms with Crippen molar-refractivity contribution in [2.24, 2.45) is 0 Å². The van der Waals surface area contributed by atoms with Crippen LogP contribution in [0.15, 0.2) is 36.4 Å². The molecule has 0 amide bonds. The second-order valence-electron chi connectivity index (χ2n) is 9.83. The Labute approximate surface area is 192 Å². The predicted octanol–water partition coefficient (Wildman–Crippen LogP) is 5.37. The molecule has 5 rings (SSSR count). The highest BCUT2D eigenvalue weighted by atomic mass is 19.1. The Hall–Kier alpha value is -2.51. The van der Waals surface area contributed by atoms with Crippen LogP contribution in [-0.2, 0) is 11.2 Å². The molecule has 0 spiro atoms. The summed E-state index contributed by atoms with van der Waals surface area (Å²) in [4.78, 5) is 7.24. The third-order valence-corrected chi connectivity index (χ3v) is 6.79. The summed E-state index contributed by atoms with van der Waals surface area (Å²) in [7, 11) is 0. The lowest BCUT2D eigenvalue weighted by Crippen LogP contribution is -2.48. The molecule has 0 unspecified atom stereocenters. The minimum atomic E-state index is -1.52. The number of hydrogen-bond acceptors (Lipinski definition) is 3. The molecule has 7 heteroatoms. The number of halogens is 3. The Morgan fingerprint density at radius 2 is 1.76 bits per heavy atom. The van der Waals surface area contributed by atoms with Gasteiger partial charge in [0.1, 0.15) is 17.3 Å². The number of H-pyrrole nitrogens is 1. The van der Waals surface area contributed by atoms with E-state index >= 15 is 8.78 Å². The van der Waals surface area contributed by atoms with E-state index in [1.165, 1.54) is 26.0 Å². The van der Waals surface area contributed by atoms with Crippen molar-refractivity contribution in [3.63, 3.8) is 0 Å². The molecule has 0 bridgehead atoms. The van der Waals surface area contributed by atoms with Crippen LogP contribution in [0.4, 0.5) is 18.9 Å². The first-order chi connectivity index (χ1) is 15.7. The van der Waals surface area contributed by atoms with Crippen LogP contribution in [0.25, 0.3) is 10.9 Å². The second kappa shape index (κ2) is 8.37. The van der Waals surface area contributed by atoms with Gasteiger partial charge >= 0.3 is 0 Å². The first kappa shape index (κ1) is 22.3. The number of rotatable bonds is 4. The fourth-order valence-electron chi connectivity index (χ4n) is 5.33. The van der Waals surface area contributed by atoms with Gasteiger partial charge in [0, 0.05) is 53.5 Å². The number of aromatic amines is 1. The number of ether oxygens (including phenoxy) is 1. The zero-order valence-corrected chi connectivity index (χ0v) is 19.3. The predicted molar refractivity (Wildman–Crippen MR) is 125 cm³/mol. The zero-order chi connectivity index (χ0) is 23.3.